The largest absolute Gasteiger partial charge is 0.496 e. The van der Waals surface area contributed by atoms with E-state index in [1.54, 1.807) is 35.0 Å². The van der Waals surface area contributed by atoms with Crippen LogP contribution in [0.5, 0.6) is 5.75 Å². The van der Waals surface area contributed by atoms with Crippen molar-refractivity contribution in [2.24, 2.45) is 0 Å². The first-order valence-electron chi connectivity index (χ1n) is 9.69. The summed E-state index contributed by atoms with van der Waals surface area (Å²) in [5, 5.41) is 21.8. The van der Waals surface area contributed by atoms with Gasteiger partial charge in [-0.2, -0.15) is 5.26 Å². The zero-order valence-corrected chi connectivity index (χ0v) is 17.3. The molecule has 0 saturated carbocycles. The van der Waals surface area contributed by atoms with Crippen LogP contribution in [0.1, 0.15) is 28.8 Å². The molecule has 160 valence electrons. The lowest BCUT2D eigenvalue weighted by Crippen LogP contribution is -2.40. The molecular formula is C23H23FN4O3. The van der Waals surface area contributed by atoms with Gasteiger partial charge < -0.3 is 19.7 Å². The molecule has 8 heteroatoms. The second-order valence-electron chi connectivity index (χ2n) is 7.11. The Morgan fingerprint density at radius 2 is 2.19 bits per heavy atom. The number of carboxylic acid groups (broad SMARTS) is 1. The number of hydrogen-bond acceptors (Lipinski definition) is 5. The molecule has 0 spiro atoms. The Labute approximate surface area is 179 Å². The molecule has 31 heavy (non-hydrogen) atoms. The molecular weight excluding hydrogens is 399 g/mol. The number of hydrogen-bond donors (Lipinski definition) is 2. The van der Waals surface area contributed by atoms with Gasteiger partial charge >= 0.3 is 5.97 Å². The molecule has 0 bridgehead atoms. The third-order valence-corrected chi connectivity index (χ3v) is 5.27. The van der Waals surface area contributed by atoms with Crippen LogP contribution < -0.4 is 10.1 Å². The molecule has 0 saturated heterocycles. The summed E-state index contributed by atoms with van der Waals surface area (Å²) in [4.78, 5) is 16.1. The predicted molar refractivity (Wildman–Crippen MR) is 112 cm³/mol. The number of fused-ring (bicyclic) bond motifs is 1. The van der Waals surface area contributed by atoms with Crippen LogP contribution in [-0.2, 0) is 23.3 Å². The molecule has 0 amide bonds. The maximum Gasteiger partial charge on any atom is 0.334 e. The minimum absolute atomic E-state index is 0.173. The summed E-state index contributed by atoms with van der Waals surface area (Å²) in [6, 6.07) is 13.4. The average molecular weight is 422 g/mol. The Kier molecular flexibility index (Phi) is 6.68. The van der Waals surface area contributed by atoms with E-state index in [1.165, 1.54) is 25.6 Å². The highest BCUT2D eigenvalue weighted by Gasteiger charge is 2.48. The number of rotatable bonds is 5. The van der Waals surface area contributed by atoms with Crippen molar-refractivity contribution >= 4 is 5.97 Å². The van der Waals surface area contributed by atoms with Gasteiger partial charge in [-0.15, -0.1) is 0 Å². The molecule has 2 aromatic carbocycles. The van der Waals surface area contributed by atoms with Crippen molar-refractivity contribution in [1.29, 1.82) is 5.26 Å². The number of aliphatic carboxylic acids is 1. The van der Waals surface area contributed by atoms with Crippen LogP contribution >= 0.6 is 0 Å². The number of nitriles is 1. The van der Waals surface area contributed by atoms with Crippen LogP contribution in [-0.4, -0.2) is 34.8 Å². The minimum Gasteiger partial charge on any atom is -0.496 e. The van der Waals surface area contributed by atoms with Crippen molar-refractivity contribution in [3.63, 3.8) is 0 Å². The zero-order valence-electron chi connectivity index (χ0n) is 17.3. The van der Waals surface area contributed by atoms with Gasteiger partial charge in [0.15, 0.2) is 5.54 Å². The first-order chi connectivity index (χ1) is 15.0. The Morgan fingerprint density at radius 1 is 1.39 bits per heavy atom. The highest BCUT2D eigenvalue weighted by Crippen LogP contribution is 2.42. The van der Waals surface area contributed by atoms with E-state index < -0.39 is 11.5 Å². The Morgan fingerprint density at radius 3 is 2.84 bits per heavy atom. The molecule has 1 aromatic heterocycles. The Hall–Kier alpha value is -3.70. The molecule has 0 radical (unpaired) electrons. The van der Waals surface area contributed by atoms with Crippen molar-refractivity contribution in [3.05, 3.63) is 83.2 Å². The summed E-state index contributed by atoms with van der Waals surface area (Å²) < 4.78 is 19.5. The minimum atomic E-state index is -1.23. The van der Waals surface area contributed by atoms with Crippen LogP contribution in [0, 0.1) is 17.1 Å². The van der Waals surface area contributed by atoms with Crippen LogP contribution in [0.4, 0.5) is 4.39 Å². The number of methoxy groups -OCH3 is 1. The molecule has 1 aliphatic heterocycles. The molecule has 2 heterocycles. The van der Waals surface area contributed by atoms with Gasteiger partial charge in [-0.3, -0.25) is 0 Å². The van der Waals surface area contributed by atoms with Gasteiger partial charge in [0.2, 0.25) is 0 Å². The fourth-order valence-electron chi connectivity index (χ4n) is 3.82. The van der Waals surface area contributed by atoms with Gasteiger partial charge in [-0.05, 0) is 49.7 Å². The normalized spacial score (nSPS) is 16.6. The molecule has 7 nitrogen and oxygen atoms in total. The van der Waals surface area contributed by atoms with Gasteiger partial charge in [0.05, 0.1) is 25.1 Å². The van der Waals surface area contributed by atoms with E-state index in [2.05, 4.69) is 10.3 Å². The monoisotopic (exact) mass is 422 g/mol. The number of carboxylic acids is 1. The number of imidazole rings is 1. The van der Waals surface area contributed by atoms with E-state index in [-0.39, 0.29) is 5.82 Å². The summed E-state index contributed by atoms with van der Waals surface area (Å²) in [6.07, 6.45) is 4.28. The van der Waals surface area contributed by atoms with Crippen molar-refractivity contribution < 1.29 is 19.0 Å². The summed E-state index contributed by atoms with van der Waals surface area (Å²) in [5.41, 5.74) is 1.59. The molecule has 1 unspecified atom stereocenters. The van der Waals surface area contributed by atoms with Crippen LogP contribution in [0.15, 0.2) is 55.0 Å². The van der Waals surface area contributed by atoms with Crippen molar-refractivity contribution in [2.45, 2.75) is 24.9 Å². The molecule has 1 aliphatic rings. The molecule has 4 rings (SSSR count). The first kappa shape index (κ1) is 22.0. The summed E-state index contributed by atoms with van der Waals surface area (Å²) in [7, 11) is 3.31. The van der Waals surface area contributed by atoms with E-state index in [0.29, 0.717) is 29.7 Å². The highest BCUT2D eigenvalue weighted by atomic mass is 19.1. The fraction of sp³-hybridized carbons (Fsp3) is 0.261. The topological polar surface area (TPSA) is 100 Å². The summed E-state index contributed by atoms with van der Waals surface area (Å²) in [6.45, 7) is 0.720. The van der Waals surface area contributed by atoms with Gasteiger partial charge in [-0.25, -0.2) is 14.2 Å². The standard InChI is InChI=1S/C15H13N3O3.C8H10FN/c1-21-13-6-10(7-16)2-3-12(13)15(14(19)20)5-4-11-8-17-9-18(11)15;1-10-6-7-3-2-4-8(9)5-7/h2-3,6,8-9H,4-5H2,1H3,(H,19,20);2-5,10H,6H2,1H3. The van der Waals surface area contributed by atoms with Crippen LogP contribution in [0.3, 0.4) is 0 Å². The van der Waals surface area contributed by atoms with Crippen LogP contribution in [0.2, 0.25) is 0 Å². The lowest BCUT2D eigenvalue weighted by Gasteiger charge is -2.28. The number of carbonyl (C=O) groups is 1. The van der Waals surface area contributed by atoms with Gasteiger partial charge in [0.25, 0.3) is 0 Å². The van der Waals surface area contributed by atoms with Crippen LogP contribution in [0.25, 0.3) is 0 Å². The Balaban J connectivity index is 0.000000229. The SMILES string of the molecule is CNCc1cccc(F)c1.COc1cc(C#N)ccc1C1(C(=O)O)CCc2cncn21. The number of ether oxygens (including phenoxy) is 1. The number of benzene rings is 2. The smallest absolute Gasteiger partial charge is 0.334 e. The predicted octanol–water partition coefficient (Wildman–Crippen LogP) is 3.08. The first-order valence-corrected chi connectivity index (χ1v) is 9.69. The highest BCUT2D eigenvalue weighted by molar-refractivity contribution is 5.83. The summed E-state index contributed by atoms with van der Waals surface area (Å²) in [5.74, 6) is -0.729. The lowest BCUT2D eigenvalue weighted by molar-refractivity contribution is -0.145. The molecule has 2 N–H and O–H groups in total. The van der Waals surface area contributed by atoms with Crippen molar-refractivity contribution in [1.82, 2.24) is 14.9 Å². The Bertz CT molecular complexity index is 1120. The maximum atomic E-state index is 12.5. The number of halogens is 1. The van der Waals surface area contributed by atoms with E-state index >= 15 is 0 Å². The third-order valence-electron chi connectivity index (χ3n) is 5.27. The molecule has 0 fully saturated rings. The summed E-state index contributed by atoms with van der Waals surface area (Å²) >= 11 is 0. The van der Waals surface area contributed by atoms with E-state index in [4.69, 9.17) is 10.00 Å². The number of aryl methyl sites for hydroxylation is 1. The fourth-order valence-corrected chi connectivity index (χ4v) is 3.82. The average Bonchev–Trinajstić information content (AvgIpc) is 3.37. The van der Waals surface area contributed by atoms with Crippen molar-refractivity contribution in [3.8, 4) is 11.8 Å². The molecule has 1 atom stereocenters. The van der Waals surface area contributed by atoms with E-state index in [0.717, 1.165) is 17.8 Å². The zero-order chi connectivity index (χ0) is 22.4. The van der Waals surface area contributed by atoms with Crippen molar-refractivity contribution in [2.75, 3.05) is 14.2 Å². The van der Waals surface area contributed by atoms with Gasteiger partial charge in [0.1, 0.15) is 11.6 Å². The number of aromatic nitrogens is 2. The lowest BCUT2D eigenvalue weighted by atomic mass is 9.86. The maximum absolute atomic E-state index is 12.5. The second-order valence-corrected chi connectivity index (χ2v) is 7.11. The number of nitrogens with one attached hydrogen (secondary N) is 1. The number of nitrogens with zero attached hydrogens (tertiary/aromatic N) is 3. The van der Waals surface area contributed by atoms with E-state index in [1.807, 2.05) is 19.2 Å². The molecule has 3 aromatic rings. The molecule has 0 aliphatic carbocycles. The van der Waals surface area contributed by atoms with Gasteiger partial charge in [0, 0.05) is 24.0 Å². The van der Waals surface area contributed by atoms with Gasteiger partial charge in [-0.1, -0.05) is 18.2 Å². The van der Waals surface area contributed by atoms with E-state index in [9.17, 15) is 14.3 Å². The third kappa shape index (κ3) is 4.27. The quantitative estimate of drug-likeness (QED) is 0.656. The second kappa shape index (κ2) is 9.41.